The predicted octanol–water partition coefficient (Wildman–Crippen LogP) is 3.50. The number of phosphoric ester groups is 1. The summed E-state index contributed by atoms with van der Waals surface area (Å²) in [6.07, 6.45) is 0. The predicted molar refractivity (Wildman–Crippen MR) is 61.9 cm³/mol. The summed E-state index contributed by atoms with van der Waals surface area (Å²) in [4.78, 5) is 9.18. The van der Waals surface area contributed by atoms with Crippen LogP contribution in [0.25, 0.3) is 0 Å². The van der Waals surface area contributed by atoms with Gasteiger partial charge in [0.15, 0.2) is 11.1 Å². The smallest absolute Gasteiger partial charge is 0.302 e. The molecule has 0 aliphatic heterocycles. The molecule has 0 aromatic rings. The molecule has 92 valence electrons. The van der Waals surface area contributed by atoms with Gasteiger partial charge < -0.3 is 4.89 Å². The molecule has 0 rings (SSSR count). The Labute approximate surface area is 108 Å². The Kier molecular flexibility index (Phi) is 7.46. The molecular weight excluding hydrogens is 309 g/mol. The van der Waals surface area contributed by atoms with Crippen LogP contribution in [0.2, 0.25) is 0 Å². The van der Waals surface area contributed by atoms with Crippen molar-refractivity contribution >= 4 is 54.2 Å². The van der Waals surface area contributed by atoms with Crippen LogP contribution in [0.3, 0.4) is 0 Å². The van der Waals surface area contributed by atoms with E-state index in [1.807, 2.05) is 0 Å². The van der Waals surface area contributed by atoms with Crippen LogP contribution in [0.4, 0.5) is 0 Å². The number of hydrogen-bond acceptors (Lipinski definition) is 3. The molecule has 1 N–H and O–H groups in total. The van der Waals surface area contributed by atoms with Gasteiger partial charge in [0.1, 0.15) is 0 Å². The molecule has 0 fully saturated rings. The van der Waals surface area contributed by atoms with Gasteiger partial charge in [0.2, 0.25) is 0 Å². The van der Waals surface area contributed by atoms with E-state index < -0.39 is 29.7 Å². The first-order valence-electron chi connectivity index (χ1n) is 3.91. The minimum Gasteiger partial charge on any atom is -0.302 e. The normalized spacial score (nSPS) is 23.9. The zero-order valence-electron chi connectivity index (χ0n) is 7.94. The Hall–Kier alpha value is 1.27. The average molecular weight is 320 g/mol. The third-order valence-corrected chi connectivity index (χ3v) is 4.08. The minimum atomic E-state index is -4.35. The Bertz CT molecular complexity index is 217. The van der Waals surface area contributed by atoms with Crippen molar-refractivity contribution in [3.63, 3.8) is 0 Å². The monoisotopic (exact) mass is 318 g/mol. The summed E-state index contributed by atoms with van der Waals surface area (Å²) < 4.78 is 20.3. The van der Waals surface area contributed by atoms with Gasteiger partial charge in [0.25, 0.3) is 0 Å². The van der Waals surface area contributed by atoms with E-state index in [0.717, 1.165) is 0 Å². The second kappa shape index (κ2) is 6.87. The molecule has 0 aliphatic rings. The zero-order valence-corrected chi connectivity index (χ0v) is 11.9. The van der Waals surface area contributed by atoms with E-state index in [2.05, 4.69) is 9.05 Å². The van der Waals surface area contributed by atoms with E-state index in [9.17, 15) is 9.46 Å². The first-order valence-corrected chi connectivity index (χ1v) is 7.15. The highest BCUT2D eigenvalue weighted by Gasteiger charge is 2.32. The van der Waals surface area contributed by atoms with E-state index in [-0.39, 0.29) is 0 Å². The van der Waals surface area contributed by atoms with Crippen LogP contribution < -0.4 is 0 Å². The molecule has 15 heavy (non-hydrogen) atoms. The molecule has 0 aliphatic carbocycles. The SMILES string of the molecule is CC(Cl)C(Cl)OP(=O)(O)OC(Cl)C(C)Cl. The van der Waals surface area contributed by atoms with E-state index in [0.29, 0.717) is 0 Å². The fraction of sp³-hybridized carbons (Fsp3) is 1.00. The molecule has 0 saturated carbocycles. The van der Waals surface area contributed by atoms with Crippen molar-refractivity contribution in [2.24, 2.45) is 0 Å². The van der Waals surface area contributed by atoms with Crippen LogP contribution in [0, 0.1) is 0 Å². The molecule has 4 unspecified atom stereocenters. The second-order valence-electron chi connectivity index (χ2n) is 2.74. The highest BCUT2D eigenvalue weighted by atomic mass is 35.5. The van der Waals surface area contributed by atoms with E-state index in [4.69, 9.17) is 46.4 Å². The van der Waals surface area contributed by atoms with E-state index in [1.165, 1.54) is 13.8 Å². The highest BCUT2D eigenvalue weighted by Crippen LogP contribution is 2.48. The maximum atomic E-state index is 11.3. The van der Waals surface area contributed by atoms with Gasteiger partial charge in [0.05, 0.1) is 10.8 Å². The average Bonchev–Trinajstić information content (AvgIpc) is 2.01. The molecule has 0 aromatic heterocycles. The lowest BCUT2D eigenvalue weighted by Gasteiger charge is -2.20. The van der Waals surface area contributed by atoms with Gasteiger partial charge in [-0.25, -0.2) is 4.57 Å². The first kappa shape index (κ1) is 16.3. The Balaban J connectivity index is 4.25. The third-order valence-electron chi connectivity index (χ3n) is 1.19. The van der Waals surface area contributed by atoms with Gasteiger partial charge >= 0.3 is 7.82 Å². The van der Waals surface area contributed by atoms with Gasteiger partial charge in [-0.05, 0) is 13.8 Å². The maximum absolute atomic E-state index is 11.3. The molecule has 0 spiro atoms. The number of rotatable bonds is 6. The summed E-state index contributed by atoms with van der Waals surface area (Å²) >= 11 is 22.1. The fourth-order valence-corrected chi connectivity index (χ4v) is 2.22. The van der Waals surface area contributed by atoms with Crippen molar-refractivity contribution in [1.82, 2.24) is 0 Å². The van der Waals surface area contributed by atoms with Crippen molar-refractivity contribution in [3.8, 4) is 0 Å². The van der Waals surface area contributed by atoms with E-state index in [1.54, 1.807) is 0 Å². The summed E-state index contributed by atoms with van der Waals surface area (Å²) in [5.41, 5.74) is -2.31. The number of alkyl halides is 4. The van der Waals surface area contributed by atoms with Crippen molar-refractivity contribution in [1.29, 1.82) is 0 Å². The third kappa shape index (κ3) is 7.24. The second-order valence-corrected chi connectivity index (χ2v) is 6.33. The van der Waals surface area contributed by atoms with Crippen LogP contribution in [0.15, 0.2) is 0 Å². The van der Waals surface area contributed by atoms with Crippen LogP contribution in [-0.2, 0) is 13.6 Å². The molecule has 0 saturated heterocycles. The van der Waals surface area contributed by atoms with Gasteiger partial charge in [-0.2, -0.15) is 0 Å². The Morgan fingerprint density at radius 3 is 1.47 bits per heavy atom. The lowest BCUT2D eigenvalue weighted by atomic mass is 10.5. The highest BCUT2D eigenvalue weighted by molar-refractivity contribution is 7.47. The van der Waals surface area contributed by atoms with Crippen molar-refractivity contribution < 1.29 is 18.5 Å². The van der Waals surface area contributed by atoms with Crippen LogP contribution >= 0.6 is 54.2 Å². The maximum Gasteiger partial charge on any atom is 0.475 e. The summed E-state index contributed by atoms with van der Waals surface area (Å²) in [7, 11) is -4.35. The van der Waals surface area contributed by atoms with Crippen molar-refractivity contribution in [2.45, 2.75) is 35.7 Å². The first-order chi connectivity index (χ1) is 6.65. The van der Waals surface area contributed by atoms with Crippen LogP contribution in [-0.4, -0.2) is 26.8 Å². The summed E-state index contributed by atoms with van der Waals surface area (Å²) in [6.45, 7) is 3.00. The van der Waals surface area contributed by atoms with Gasteiger partial charge in [-0.3, -0.25) is 9.05 Å². The lowest BCUT2D eigenvalue weighted by molar-refractivity contribution is 0.125. The van der Waals surface area contributed by atoms with Crippen LogP contribution in [0.5, 0.6) is 0 Å². The Morgan fingerprint density at radius 2 is 1.27 bits per heavy atom. The quantitative estimate of drug-likeness (QED) is 0.601. The molecule has 4 atom stereocenters. The molecular formula is C6H11Cl4O4P. The zero-order chi connectivity index (χ0) is 12.2. The number of phosphoric acid groups is 1. The summed E-state index contributed by atoms with van der Waals surface area (Å²) in [5, 5.41) is -1.31. The lowest BCUT2D eigenvalue weighted by Crippen LogP contribution is -2.19. The Morgan fingerprint density at radius 1 is 1.00 bits per heavy atom. The molecule has 0 radical (unpaired) electrons. The molecule has 0 aromatic carbocycles. The molecule has 0 heterocycles. The number of hydrogen-bond donors (Lipinski definition) is 1. The topological polar surface area (TPSA) is 55.8 Å². The standard InChI is InChI=1S/C6H11Cl4O4P/c1-3(7)5(9)13-15(11,12)14-6(10)4(2)8/h3-6H,1-2H3,(H,11,12). The number of halogens is 4. The van der Waals surface area contributed by atoms with Crippen molar-refractivity contribution in [2.75, 3.05) is 0 Å². The molecule has 4 nitrogen and oxygen atoms in total. The van der Waals surface area contributed by atoms with Gasteiger partial charge in [0, 0.05) is 0 Å². The van der Waals surface area contributed by atoms with Gasteiger partial charge in [-0.1, -0.05) is 23.2 Å². The minimum absolute atomic E-state index is 0.655. The summed E-state index contributed by atoms with van der Waals surface area (Å²) in [6, 6.07) is 0. The van der Waals surface area contributed by atoms with Gasteiger partial charge in [-0.15, -0.1) is 23.2 Å². The summed E-state index contributed by atoms with van der Waals surface area (Å²) in [5.74, 6) is 0. The molecule has 9 heteroatoms. The van der Waals surface area contributed by atoms with E-state index >= 15 is 0 Å². The largest absolute Gasteiger partial charge is 0.475 e. The van der Waals surface area contributed by atoms with Crippen LogP contribution in [0.1, 0.15) is 13.8 Å². The van der Waals surface area contributed by atoms with Crippen molar-refractivity contribution in [3.05, 3.63) is 0 Å². The fourth-order valence-electron chi connectivity index (χ4n) is 0.447. The molecule has 0 amide bonds. The molecule has 0 bridgehead atoms.